The van der Waals surface area contributed by atoms with Crippen LogP contribution in [0.1, 0.15) is 20.3 Å². The Hall–Kier alpha value is -1.22. The standard InChI is InChI=1S/C13H22N2O/c1-5-13(2,14)10-15(3)11-8-6-7-9-12(11)16-4/h6-9H,5,10,14H2,1-4H3. The van der Waals surface area contributed by atoms with Crippen molar-refractivity contribution in [2.24, 2.45) is 5.73 Å². The van der Waals surface area contributed by atoms with Crippen molar-refractivity contribution in [1.29, 1.82) is 0 Å². The minimum Gasteiger partial charge on any atom is -0.495 e. The van der Waals surface area contributed by atoms with E-state index >= 15 is 0 Å². The lowest BCUT2D eigenvalue weighted by Gasteiger charge is -2.31. The number of benzene rings is 1. The molecule has 0 aliphatic heterocycles. The fraction of sp³-hybridized carbons (Fsp3) is 0.538. The number of methoxy groups -OCH3 is 1. The van der Waals surface area contributed by atoms with Gasteiger partial charge in [0.15, 0.2) is 0 Å². The summed E-state index contributed by atoms with van der Waals surface area (Å²) in [6.45, 7) is 4.98. The van der Waals surface area contributed by atoms with Crippen LogP contribution in [0.3, 0.4) is 0 Å². The molecule has 0 fully saturated rings. The molecule has 0 saturated heterocycles. The van der Waals surface area contributed by atoms with Gasteiger partial charge >= 0.3 is 0 Å². The Morgan fingerprint density at radius 1 is 1.38 bits per heavy atom. The van der Waals surface area contributed by atoms with Crippen LogP contribution >= 0.6 is 0 Å². The molecule has 1 atom stereocenters. The number of hydrogen-bond acceptors (Lipinski definition) is 3. The summed E-state index contributed by atoms with van der Waals surface area (Å²) < 4.78 is 5.33. The SMILES string of the molecule is CCC(C)(N)CN(C)c1ccccc1OC. The maximum Gasteiger partial charge on any atom is 0.142 e. The van der Waals surface area contributed by atoms with Gasteiger partial charge in [-0.1, -0.05) is 19.1 Å². The summed E-state index contributed by atoms with van der Waals surface area (Å²) in [5.74, 6) is 0.886. The van der Waals surface area contributed by atoms with Crippen molar-refractivity contribution in [1.82, 2.24) is 0 Å². The van der Waals surface area contributed by atoms with E-state index in [1.165, 1.54) is 0 Å². The number of rotatable bonds is 5. The van der Waals surface area contributed by atoms with Gasteiger partial charge in [-0.2, -0.15) is 0 Å². The molecular formula is C13H22N2O. The van der Waals surface area contributed by atoms with Crippen LogP contribution in [0.5, 0.6) is 5.75 Å². The highest BCUT2D eigenvalue weighted by atomic mass is 16.5. The summed E-state index contributed by atoms with van der Waals surface area (Å²) in [7, 11) is 3.73. The van der Waals surface area contributed by atoms with E-state index in [1.54, 1.807) is 7.11 Å². The first-order valence-electron chi connectivity index (χ1n) is 5.63. The average molecular weight is 222 g/mol. The highest BCUT2D eigenvalue weighted by Crippen LogP contribution is 2.27. The number of ether oxygens (including phenoxy) is 1. The van der Waals surface area contributed by atoms with Crippen LogP contribution in [0, 0.1) is 0 Å². The summed E-state index contributed by atoms with van der Waals surface area (Å²) >= 11 is 0. The monoisotopic (exact) mass is 222 g/mol. The van der Waals surface area contributed by atoms with E-state index in [9.17, 15) is 0 Å². The van der Waals surface area contributed by atoms with Crippen LogP contribution in [0.2, 0.25) is 0 Å². The summed E-state index contributed by atoms with van der Waals surface area (Å²) in [5, 5.41) is 0. The molecule has 0 heterocycles. The minimum atomic E-state index is -0.171. The molecule has 1 aromatic rings. The van der Waals surface area contributed by atoms with Crippen LogP contribution in [-0.4, -0.2) is 26.2 Å². The van der Waals surface area contributed by atoms with Crippen molar-refractivity contribution >= 4 is 5.69 Å². The molecule has 0 aliphatic rings. The zero-order valence-electron chi connectivity index (χ0n) is 10.7. The third-order valence-electron chi connectivity index (χ3n) is 2.90. The Morgan fingerprint density at radius 2 is 2.00 bits per heavy atom. The fourth-order valence-corrected chi connectivity index (χ4v) is 1.68. The smallest absolute Gasteiger partial charge is 0.142 e. The van der Waals surface area contributed by atoms with Crippen molar-refractivity contribution in [3.63, 3.8) is 0 Å². The lowest BCUT2D eigenvalue weighted by molar-refractivity contribution is 0.410. The quantitative estimate of drug-likeness (QED) is 0.830. The van der Waals surface area contributed by atoms with Gasteiger partial charge in [0.2, 0.25) is 0 Å². The van der Waals surface area contributed by atoms with E-state index in [1.807, 2.05) is 31.3 Å². The predicted molar refractivity (Wildman–Crippen MR) is 69.1 cm³/mol. The van der Waals surface area contributed by atoms with Gasteiger partial charge in [0.05, 0.1) is 12.8 Å². The maximum absolute atomic E-state index is 6.16. The van der Waals surface area contributed by atoms with E-state index in [2.05, 4.69) is 18.7 Å². The lowest BCUT2D eigenvalue weighted by atomic mass is 10.00. The fourth-order valence-electron chi connectivity index (χ4n) is 1.68. The summed E-state index contributed by atoms with van der Waals surface area (Å²) in [6.07, 6.45) is 0.951. The second-order valence-corrected chi connectivity index (χ2v) is 4.54. The van der Waals surface area contributed by atoms with Crippen LogP contribution in [0.4, 0.5) is 5.69 Å². The van der Waals surface area contributed by atoms with Crippen molar-refractivity contribution in [2.45, 2.75) is 25.8 Å². The Labute approximate surface area is 98.2 Å². The van der Waals surface area contributed by atoms with Gasteiger partial charge in [-0.25, -0.2) is 0 Å². The number of anilines is 1. The van der Waals surface area contributed by atoms with Gasteiger partial charge in [0, 0.05) is 19.1 Å². The first kappa shape index (κ1) is 12.8. The van der Waals surface area contributed by atoms with Gasteiger partial charge in [-0.15, -0.1) is 0 Å². The normalized spacial score (nSPS) is 14.3. The molecule has 16 heavy (non-hydrogen) atoms. The van der Waals surface area contributed by atoms with E-state index in [-0.39, 0.29) is 5.54 Å². The molecule has 0 aromatic heterocycles. The van der Waals surface area contributed by atoms with Gasteiger partial charge in [-0.3, -0.25) is 0 Å². The van der Waals surface area contributed by atoms with Gasteiger partial charge in [0.25, 0.3) is 0 Å². The molecule has 0 amide bonds. The third kappa shape index (κ3) is 3.14. The van der Waals surface area contributed by atoms with Crippen LogP contribution in [0.15, 0.2) is 24.3 Å². The molecule has 1 rings (SSSR count). The highest BCUT2D eigenvalue weighted by Gasteiger charge is 2.19. The second-order valence-electron chi connectivity index (χ2n) is 4.54. The number of hydrogen-bond donors (Lipinski definition) is 1. The van der Waals surface area contributed by atoms with Crippen molar-refractivity contribution in [2.75, 3.05) is 25.6 Å². The Bertz CT molecular complexity index is 336. The first-order valence-corrected chi connectivity index (χ1v) is 5.63. The van der Waals surface area contributed by atoms with E-state index in [0.29, 0.717) is 0 Å². The Balaban J connectivity index is 2.84. The van der Waals surface area contributed by atoms with E-state index < -0.39 is 0 Å². The molecule has 0 spiro atoms. The van der Waals surface area contributed by atoms with Crippen LogP contribution < -0.4 is 15.4 Å². The first-order chi connectivity index (χ1) is 7.50. The topological polar surface area (TPSA) is 38.5 Å². The van der Waals surface area contributed by atoms with Crippen molar-refractivity contribution < 1.29 is 4.74 Å². The average Bonchev–Trinajstić information content (AvgIpc) is 2.28. The Kier molecular flexibility index (Phi) is 4.19. The molecule has 3 nitrogen and oxygen atoms in total. The summed E-state index contributed by atoms with van der Waals surface area (Å²) in [6, 6.07) is 7.99. The minimum absolute atomic E-state index is 0.171. The lowest BCUT2D eigenvalue weighted by Crippen LogP contribution is -2.46. The molecule has 0 aliphatic carbocycles. The van der Waals surface area contributed by atoms with Gasteiger partial charge < -0.3 is 15.4 Å². The molecule has 90 valence electrons. The predicted octanol–water partition coefficient (Wildman–Crippen LogP) is 2.26. The molecule has 1 unspecified atom stereocenters. The van der Waals surface area contributed by atoms with Crippen LogP contribution in [-0.2, 0) is 0 Å². The van der Waals surface area contributed by atoms with Crippen molar-refractivity contribution in [3.05, 3.63) is 24.3 Å². The maximum atomic E-state index is 6.16. The van der Waals surface area contributed by atoms with Crippen molar-refractivity contribution in [3.8, 4) is 5.75 Å². The number of para-hydroxylation sites is 2. The summed E-state index contributed by atoms with van der Waals surface area (Å²) in [4.78, 5) is 2.14. The van der Waals surface area contributed by atoms with E-state index in [0.717, 1.165) is 24.4 Å². The molecular weight excluding hydrogens is 200 g/mol. The molecule has 0 saturated carbocycles. The highest BCUT2D eigenvalue weighted by molar-refractivity contribution is 5.58. The molecule has 3 heteroatoms. The molecule has 0 bridgehead atoms. The molecule has 0 radical (unpaired) electrons. The number of nitrogens with zero attached hydrogens (tertiary/aromatic N) is 1. The van der Waals surface area contributed by atoms with Gasteiger partial charge in [-0.05, 0) is 25.5 Å². The number of likely N-dealkylation sites (N-methyl/N-ethyl adjacent to an activating group) is 1. The van der Waals surface area contributed by atoms with Crippen LogP contribution in [0.25, 0.3) is 0 Å². The zero-order chi connectivity index (χ0) is 12.2. The second kappa shape index (κ2) is 5.21. The largest absolute Gasteiger partial charge is 0.495 e. The third-order valence-corrected chi connectivity index (χ3v) is 2.90. The number of nitrogens with two attached hydrogens (primary N) is 1. The Morgan fingerprint density at radius 3 is 2.56 bits per heavy atom. The zero-order valence-corrected chi connectivity index (χ0v) is 10.7. The van der Waals surface area contributed by atoms with E-state index in [4.69, 9.17) is 10.5 Å². The molecule has 2 N–H and O–H groups in total. The van der Waals surface area contributed by atoms with Gasteiger partial charge in [0.1, 0.15) is 5.75 Å². The molecule has 1 aromatic carbocycles. The summed E-state index contributed by atoms with van der Waals surface area (Å²) in [5.41, 5.74) is 7.07.